The van der Waals surface area contributed by atoms with E-state index in [9.17, 15) is 0 Å². The third kappa shape index (κ3) is 5.38. The Hall–Kier alpha value is -1.71. The molecule has 1 saturated heterocycles. The first-order valence-electron chi connectivity index (χ1n) is 9.42. The standard InChI is InChI=1S/C22H30N2O/c1-22(2)15-19(11-14-25-22)21(20-9-6-12-23-17-20)10-13-24-16-18-7-4-3-5-8-18/h3-9,12,17,19,21,24H,10-11,13-16H2,1-2H3/t19-,21+/m1/s1. The maximum atomic E-state index is 5.93. The van der Waals surface area contributed by atoms with Crippen molar-refractivity contribution in [3.8, 4) is 0 Å². The lowest BCUT2D eigenvalue weighted by Crippen LogP contribution is -2.36. The van der Waals surface area contributed by atoms with Gasteiger partial charge in [0.1, 0.15) is 0 Å². The van der Waals surface area contributed by atoms with Crippen LogP contribution in [0.2, 0.25) is 0 Å². The Morgan fingerprint density at radius 2 is 2.04 bits per heavy atom. The molecule has 3 rings (SSSR count). The number of nitrogens with zero attached hydrogens (tertiary/aromatic N) is 1. The summed E-state index contributed by atoms with van der Waals surface area (Å²) in [7, 11) is 0. The predicted molar refractivity (Wildman–Crippen MR) is 102 cm³/mol. The summed E-state index contributed by atoms with van der Waals surface area (Å²) in [5, 5.41) is 3.61. The van der Waals surface area contributed by atoms with Crippen LogP contribution in [0.15, 0.2) is 54.9 Å². The van der Waals surface area contributed by atoms with E-state index in [0.29, 0.717) is 11.8 Å². The smallest absolute Gasteiger partial charge is 0.0629 e. The zero-order valence-electron chi connectivity index (χ0n) is 15.4. The van der Waals surface area contributed by atoms with Gasteiger partial charge in [-0.2, -0.15) is 0 Å². The molecule has 0 unspecified atom stereocenters. The zero-order chi connectivity index (χ0) is 17.5. The van der Waals surface area contributed by atoms with Gasteiger partial charge in [0.15, 0.2) is 0 Å². The van der Waals surface area contributed by atoms with Crippen LogP contribution >= 0.6 is 0 Å². The van der Waals surface area contributed by atoms with Crippen molar-refractivity contribution in [3.63, 3.8) is 0 Å². The Morgan fingerprint density at radius 1 is 1.20 bits per heavy atom. The summed E-state index contributed by atoms with van der Waals surface area (Å²) in [6.45, 7) is 7.25. The van der Waals surface area contributed by atoms with Gasteiger partial charge in [0.2, 0.25) is 0 Å². The molecule has 0 spiro atoms. The first-order chi connectivity index (χ1) is 12.1. The van der Waals surface area contributed by atoms with E-state index in [-0.39, 0.29) is 5.60 Å². The molecule has 1 aliphatic rings. The topological polar surface area (TPSA) is 34.2 Å². The highest BCUT2D eigenvalue weighted by Gasteiger charge is 2.33. The second-order valence-corrected chi connectivity index (χ2v) is 7.70. The monoisotopic (exact) mass is 338 g/mol. The van der Waals surface area contributed by atoms with Crippen molar-refractivity contribution in [2.75, 3.05) is 13.2 Å². The van der Waals surface area contributed by atoms with Crippen LogP contribution in [0, 0.1) is 5.92 Å². The van der Waals surface area contributed by atoms with Crippen molar-refractivity contribution in [2.24, 2.45) is 5.92 Å². The van der Waals surface area contributed by atoms with Gasteiger partial charge in [-0.05, 0) is 68.7 Å². The van der Waals surface area contributed by atoms with E-state index in [0.717, 1.165) is 39.0 Å². The summed E-state index contributed by atoms with van der Waals surface area (Å²) in [6, 6.07) is 14.9. The van der Waals surface area contributed by atoms with Crippen LogP contribution in [-0.2, 0) is 11.3 Å². The van der Waals surface area contributed by atoms with Crippen molar-refractivity contribution in [1.82, 2.24) is 10.3 Å². The second-order valence-electron chi connectivity index (χ2n) is 7.70. The zero-order valence-corrected chi connectivity index (χ0v) is 15.4. The Kier molecular flexibility index (Phi) is 6.22. The molecule has 1 aliphatic heterocycles. The van der Waals surface area contributed by atoms with Crippen molar-refractivity contribution >= 4 is 0 Å². The van der Waals surface area contributed by atoms with Crippen LogP contribution in [-0.4, -0.2) is 23.7 Å². The lowest BCUT2D eigenvalue weighted by Gasteiger charge is -2.39. The normalized spacial score (nSPS) is 21.0. The highest BCUT2D eigenvalue weighted by molar-refractivity contribution is 5.17. The van der Waals surface area contributed by atoms with Gasteiger partial charge in [-0.25, -0.2) is 0 Å². The Morgan fingerprint density at radius 3 is 2.76 bits per heavy atom. The minimum absolute atomic E-state index is 0.0131. The van der Waals surface area contributed by atoms with E-state index in [1.54, 1.807) is 0 Å². The van der Waals surface area contributed by atoms with Gasteiger partial charge in [0, 0.05) is 25.5 Å². The molecule has 1 aromatic heterocycles. The van der Waals surface area contributed by atoms with E-state index in [1.165, 1.54) is 11.1 Å². The van der Waals surface area contributed by atoms with E-state index in [4.69, 9.17) is 4.74 Å². The van der Waals surface area contributed by atoms with Gasteiger partial charge < -0.3 is 10.1 Å². The molecule has 1 fully saturated rings. The van der Waals surface area contributed by atoms with Gasteiger partial charge in [-0.1, -0.05) is 36.4 Å². The molecular weight excluding hydrogens is 308 g/mol. The number of aromatic nitrogens is 1. The van der Waals surface area contributed by atoms with Crippen LogP contribution in [0.4, 0.5) is 0 Å². The van der Waals surface area contributed by atoms with Gasteiger partial charge in [-0.15, -0.1) is 0 Å². The van der Waals surface area contributed by atoms with Gasteiger partial charge in [0.05, 0.1) is 5.60 Å². The number of rotatable bonds is 7. The summed E-state index contributed by atoms with van der Waals surface area (Å²) >= 11 is 0. The molecule has 0 radical (unpaired) electrons. The van der Waals surface area contributed by atoms with Crippen molar-refractivity contribution < 1.29 is 4.74 Å². The number of hydrogen-bond donors (Lipinski definition) is 1. The third-order valence-corrected chi connectivity index (χ3v) is 5.22. The number of nitrogens with one attached hydrogen (secondary N) is 1. The molecule has 2 atom stereocenters. The summed E-state index contributed by atoms with van der Waals surface area (Å²) in [4.78, 5) is 4.36. The third-order valence-electron chi connectivity index (χ3n) is 5.22. The largest absolute Gasteiger partial charge is 0.376 e. The molecule has 2 aromatic rings. The molecule has 1 aromatic carbocycles. The van der Waals surface area contributed by atoms with Crippen molar-refractivity contribution in [1.29, 1.82) is 0 Å². The van der Waals surface area contributed by atoms with E-state index in [2.05, 4.69) is 66.6 Å². The highest BCUT2D eigenvalue weighted by Crippen LogP contribution is 2.39. The molecule has 0 bridgehead atoms. The Bertz CT molecular complexity index is 627. The summed E-state index contributed by atoms with van der Waals surface area (Å²) < 4.78 is 5.93. The molecule has 2 heterocycles. The molecular formula is C22H30N2O. The minimum Gasteiger partial charge on any atom is -0.376 e. The summed E-state index contributed by atoms with van der Waals surface area (Å²) in [6.07, 6.45) is 7.30. The number of hydrogen-bond acceptors (Lipinski definition) is 3. The summed E-state index contributed by atoms with van der Waals surface area (Å²) in [5.41, 5.74) is 2.69. The average molecular weight is 338 g/mol. The molecule has 1 N–H and O–H groups in total. The van der Waals surface area contributed by atoms with Gasteiger partial charge in [-0.3, -0.25) is 4.98 Å². The number of ether oxygens (including phenoxy) is 1. The molecule has 25 heavy (non-hydrogen) atoms. The van der Waals surface area contributed by atoms with E-state index >= 15 is 0 Å². The summed E-state index contributed by atoms with van der Waals surface area (Å²) in [5.74, 6) is 1.20. The highest BCUT2D eigenvalue weighted by atomic mass is 16.5. The quantitative estimate of drug-likeness (QED) is 0.752. The van der Waals surface area contributed by atoms with Crippen LogP contribution in [0.3, 0.4) is 0 Å². The SMILES string of the molecule is CC1(C)C[C@H]([C@H](CCNCc2ccccc2)c2cccnc2)CCO1. The Labute approximate surface area is 151 Å². The van der Waals surface area contributed by atoms with Crippen LogP contribution < -0.4 is 5.32 Å². The van der Waals surface area contributed by atoms with Crippen molar-refractivity contribution in [3.05, 3.63) is 66.0 Å². The van der Waals surface area contributed by atoms with Crippen LogP contribution in [0.1, 0.15) is 50.2 Å². The maximum absolute atomic E-state index is 5.93. The second kappa shape index (κ2) is 8.59. The molecule has 3 nitrogen and oxygen atoms in total. The lowest BCUT2D eigenvalue weighted by atomic mass is 9.75. The van der Waals surface area contributed by atoms with Crippen LogP contribution in [0.5, 0.6) is 0 Å². The van der Waals surface area contributed by atoms with E-state index in [1.807, 2.05) is 12.4 Å². The fraction of sp³-hybridized carbons (Fsp3) is 0.500. The Balaban J connectivity index is 1.61. The molecule has 0 amide bonds. The maximum Gasteiger partial charge on any atom is 0.0629 e. The van der Waals surface area contributed by atoms with Crippen LogP contribution in [0.25, 0.3) is 0 Å². The molecule has 0 saturated carbocycles. The van der Waals surface area contributed by atoms with Gasteiger partial charge >= 0.3 is 0 Å². The van der Waals surface area contributed by atoms with Gasteiger partial charge in [0.25, 0.3) is 0 Å². The minimum atomic E-state index is -0.0131. The molecule has 0 aliphatic carbocycles. The molecule has 134 valence electrons. The number of benzene rings is 1. The lowest BCUT2D eigenvalue weighted by molar-refractivity contribution is -0.0772. The fourth-order valence-corrected chi connectivity index (χ4v) is 3.98. The first-order valence-corrected chi connectivity index (χ1v) is 9.42. The predicted octanol–water partition coefficient (Wildman–Crippen LogP) is 4.55. The fourth-order valence-electron chi connectivity index (χ4n) is 3.98. The first kappa shape index (κ1) is 18.1. The molecule has 3 heteroatoms. The average Bonchev–Trinajstić information content (AvgIpc) is 2.62. The van der Waals surface area contributed by atoms with Crippen molar-refractivity contribution in [2.45, 2.75) is 51.2 Å². The van der Waals surface area contributed by atoms with E-state index < -0.39 is 0 Å². The number of pyridine rings is 1.